The molecule has 1 aliphatic carbocycles. The minimum Gasteiger partial charge on any atom is -0.494 e. The number of hydrogen-bond acceptors (Lipinski definition) is 5. The van der Waals surface area contributed by atoms with Crippen LogP contribution in [0.5, 0.6) is 5.75 Å². The van der Waals surface area contributed by atoms with Crippen LogP contribution in [0.2, 0.25) is 0 Å². The average Bonchev–Trinajstić information content (AvgIpc) is 2.94. The Kier molecular flexibility index (Phi) is 5.30. The molecular weight excluding hydrogens is 272 g/mol. The van der Waals surface area contributed by atoms with Crippen molar-refractivity contribution in [2.75, 3.05) is 13.2 Å². The van der Waals surface area contributed by atoms with Crippen LogP contribution in [-0.4, -0.2) is 29.3 Å². The van der Waals surface area contributed by atoms with E-state index < -0.39 is 4.92 Å². The van der Waals surface area contributed by atoms with E-state index in [4.69, 9.17) is 9.84 Å². The molecule has 0 saturated carbocycles. The molecule has 1 aliphatic rings. The third-order valence-electron chi connectivity index (χ3n) is 3.52. The molecule has 0 amide bonds. The summed E-state index contributed by atoms with van der Waals surface area (Å²) in [6, 6.07) is 4.81. The van der Waals surface area contributed by atoms with E-state index in [-0.39, 0.29) is 24.3 Å². The zero-order valence-corrected chi connectivity index (χ0v) is 12.0. The van der Waals surface area contributed by atoms with Gasteiger partial charge in [0.05, 0.1) is 11.5 Å². The van der Waals surface area contributed by atoms with E-state index in [0.717, 1.165) is 12.0 Å². The van der Waals surface area contributed by atoms with Crippen molar-refractivity contribution < 1.29 is 14.8 Å². The Hall–Kier alpha value is -1.92. The molecule has 2 N–H and O–H groups in total. The standard InChI is InChI=1S/C15H20N2O4/c1-2-21-15-6-5-14(17(19)20)8-12(15)9-16-13-4-3-11(7-13)10-18/h3-6,8,11,13,16,18H,2,7,9-10H2,1H3/t11-,13+/m0/s1. The van der Waals surface area contributed by atoms with E-state index >= 15 is 0 Å². The summed E-state index contributed by atoms with van der Waals surface area (Å²) >= 11 is 0. The molecule has 0 saturated heterocycles. The minimum atomic E-state index is -0.406. The van der Waals surface area contributed by atoms with Crippen LogP contribution in [0.25, 0.3) is 0 Å². The number of nitrogens with zero attached hydrogens (tertiary/aromatic N) is 1. The molecule has 6 heteroatoms. The Bertz CT molecular complexity index is 530. The van der Waals surface area contributed by atoms with Crippen LogP contribution in [0.4, 0.5) is 5.69 Å². The van der Waals surface area contributed by atoms with Gasteiger partial charge in [-0.25, -0.2) is 0 Å². The molecular formula is C15H20N2O4. The quantitative estimate of drug-likeness (QED) is 0.456. The number of nitro benzene ring substituents is 1. The summed E-state index contributed by atoms with van der Waals surface area (Å²) < 4.78 is 5.51. The van der Waals surface area contributed by atoms with Gasteiger partial charge in [0.15, 0.2) is 0 Å². The summed E-state index contributed by atoms with van der Waals surface area (Å²) in [5.74, 6) is 0.857. The van der Waals surface area contributed by atoms with E-state index in [9.17, 15) is 10.1 Å². The smallest absolute Gasteiger partial charge is 0.270 e. The van der Waals surface area contributed by atoms with Gasteiger partial charge in [-0.2, -0.15) is 0 Å². The zero-order valence-electron chi connectivity index (χ0n) is 12.0. The highest BCUT2D eigenvalue weighted by atomic mass is 16.6. The summed E-state index contributed by atoms with van der Waals surface area (Å²) in [6.45, 7) is 3.03. The summed E-state index contributed by atoms with van der Waals surface area (Å²) in [4.78, 5) is 10.5. The van der Waals surface area contributed by atoms with Crippen molar-refractivity contribution in [3.05, 3.63) is 46.0 Å². The monoisotopic (exact) mass is 292 g/mol. The second-order valence-corrected chi connectivity index (χ2v) is 5.03. The molecule has 0 bridgehead atoms. The highest BCUT2D eigenvalue weighted by Gasteiger charge is 2.18. The second kappa shape index (κ2) is 7.19. The number of aliphatic hydroxyl groups is 1. The number of hydrogen-bond donors (Lipinski definition) is 2. The van der Waals surface area contributed by atoms with Crippen LogP contribution in [0.3, 0.4) is 0 Å². The van der Waals surface area contributed by atoms with Gasteiger partial charge < -0.3 is 15.2 Å². The lowest BCUT2D eigenvalue weighted by molar-refractivity contribution is -0.384. The molecule has 0 aromatic heterocycles. The van der Waals surface area contributed by atoms with Gasteiger partial charge in [-0.1, -0.05) is 12.2 Å². The molecule has 0 radical (unpaired) electrons. The third-order valence-corrected chi connectivity index (χ3v) is 3.52. The Morgan fingerprint density at radius 1 is 1.48 bits per heavy atom. The number of nitro groups is 1. The molecule has 2 atom stereocenters. The summed E-state index contributed by atoms with van der Waals surface area (Å²) in [5, 5.41) is 23.3. The molecule has 1 aromatic rings. The average molecular weight is 292 g/mol. The SMILES string of the molecule is CCOc1ccc([N+](=O)[O-])cc1CN[C@@H]1C=C[C@H](CO)C1. The number of rotatable bonds is 7. The van der Waals surface area contributed by atoms with Crippen molar-refractivity contribution >= 4 is 5.69 Å². The number of aliphatic hydroxyl groups excluding tert-OH is 1. The van der Waals surface area contributed by atoms with Crippen molar-refractivity contribution in [3.63, 3.8) is 0 Å². The first kappa shape index (κ1) is 15.5. The predicted octanol–water partition coefficient (Wildman–Crippen LogP) is 2.02. The summed E-state index contributed by atoms with van der Waals surface area (Å²) in [6.07, 6.45) is 4.86. The normalized spacial score (nSPS) is 20.7. The van der Waals surface area contributed by atoms with Crippen molar-refractivity contribution in [1.29, 1.82) is 0 Å². The van der Waals surface area contributed by atoms with Crippen molar-refractivity contribution in [2.45, 2.75) is 25.9 Å². The van der Waals surface area contributed by atoms with Gasteiger partial charge in [0.25, 0.3) is 5.69 Å². The Labute approximate surface area is 123 Å². The number of non-ortho nitro benzene ring substituents is 1. The Balaban J connectivity index is 2.05. The topological polar surface area (TPSA) is 84.6 Å². The van der Waals surface area contributed by atoms with Crippen LogP contribution in [0.15, 0.2) is 30.4 Å². The van der Waals surface area contributed by atoms with Gasteiger partial charge in [0, 0.05) is 42.8 Å². The van der Waals surface area contributed by atoms with E-state index in [0.29, 0.717) is 18.9 Å². The molecule has 114 valence electrons. The number of benzene rings is 1. The second-order valence-electron chi connectivity index (χ2n) is 5.03. The van der Waals surface area contributed by atoms with Crippen molar-refractivity contribution in [3.8, 4) is 5.75 Å². The molecule has 0 fully saturated rings. The molecule has 1 aromatic carbocycles. The molecule has 6 nitrogen and oxygen atoms in total. The predicted molar refractivity (Wildman–Crippen MR) is 79.2 cm³/mol. The van der Waals surface area contributed by atoms with Crippen molar-refractivity contribution in [2.24, 2.45) is 5.92 Å². The van der Waals surface area contributed by atoms with Gasteiger partial charge in [-0.15, -0.1) is 0 Å². The van der Waals surface area contributed by atoms with Crippen LogP contribution in [0, 0.1) is 16.0 Å². The molecule has 0 unspecified atom stereocenters. The fourth-order valence-electron chi connectivity index (χ4n) is 2.42. The van der Waals surface area contributed by atoms with Crippen LogP contribution in [-0.2, 0) is 6.54 Å². The molecule has 21 heavy (non-hydrogen) atoms. The number of ether oxygens (including phenoxy) is 1. The molecule has 0 heterocycles. The fourth-order valence-corrected chi connectivity index (χ4v) is 2.42. The lowest BCUT2D eigenvalue weighted by Gasteiger charge is -2.15. The van der Waals surface area contributed by atoms with Gasteiger partial charge in [-0.05, 0) is 19.4 Å². The highest BCUT2D eigenvalue weighted by molar-refractivity contribution is 5.43. The van der Waals surface area contributed by atoms with E-state index in [1.165, 1.54) is 6.07 Å². The highest BCUT2D eigenvalue weighted by Crippen LogP contribution is 2.25. The lowest BCUT2D eigenvalue weighted by atomic mass is 10.1. The zero-order chi connectivity index (χ0) is 15.2. The molecule has 0 spiro atoms. The third kappa shape index (κ3) is 4.03. The van der Waals surface area contributed by atoms with Gasteiger partial charge in [0.2, 0.25) is 0 Å². The summed E-state index contributed by atoms with van der Waals surface area (Å²) in [5.41, 5.74) is 0.831. The maximum atomic E-state index is 10.9. The first-order valence-electron chi connectivity index (χ1n) is 7.06. The number of nitrogens with one attached hydrogen (secondary N) is 1. The first-order valence-corrected chi connectivity index (χ1v) is 7.06. The molecule has 0 aliphatic heterocycles. The summed E-state index contributed by atoms with van der Waals surface area (Å²) in [7, 11) is 0. The first-order chi connectivity index (χ1) is 10.1. The van der Waals surface area contributed by atoms with Gasteiger partial charge in [-0.3, -0.25) is 10.1 Å². The van der Waals surface area contributed by atoms with E-state index in [2.05, 4.69) is 5.32 Å². The minimum absolute atomic E-state index is 0.0606. The van der Waals surface area contributed by atoms with E-state index in [1.807, 2.05) is 19.1 Å². The van der Waals surface area contributed by atoms with Crippen LogP contribution in [0.1, 0.15) is 18.9 Å². The van der Waals surface area contributed by atoms with Crippen LogP contribution >= 0.6 is 0 Å². The maximum Gasteiger partial charge on any atom is 0.270 e. The van der Waals surface area contributed by atoms with Crippen LogP contribution < -0.4 is 10.1 Å². The van der Waals surface area contributed by atoms with E-state index in [1.54, 1.807) is 12.1 Å². The Morgan fingerprint density at radius 2 is 2.29 bits per heavy atom. The lowest BCUT2D eigenvalue weighted by Crippen LogP contribution is -2.26. The maximum absolute atomic E-state index is 10.9. The largest absolute Gasteiger partial charge is 0.494 e. The van der Waals surface area contributed by atoms with Crippen molar-refractivity contribution in [1.82, 2.24) is 5.32 Å². The van der Waals surface area contributed by atoms with Gasteiger partial charge in [0.1, 0.15) is 5.75 Å². The fraction of sp³-hybridized carbons (Fsp3) is 0.467. The molecule has 2 rings (SSSR count). The Morgan fingerprint density at radius 3 is 2.90 bits per heavy atom. The van der Waals surface area contributed by atoms with Gasteiger partial charge >= 0.3 is 0 Å².